The van der Waals surface area contributed by atoms with E-state index >= 15 is 0 Å². The lowest BCUT2D eigenvalue weighted by Crippen LogP contribution is -2.47. The van der Waals surface area contributed by atoms with Gasteiger partial charge in [-0.25, -0.2) is 0 Å². The molecule has 4 aromatic rings. The van der Waals surface area contributed by atoms with Gasteiger partial charge in [0.25, 0.3) is 5.91 Å². The first-order valence-corrected chi connectivity index (χ1v) is 11.8. The minimum absolute atomic E-state index is 0.0773. The Morgan fingerprint density at radius 3 is 2.38 bits per heavy atom. The Kier molecular flexibility index (Phi) is 8.38. The second-order valence-electron chi connectivity index (χ2n) is 7.96. The molecule has 0 spiro atoms. The van der Waals surface area contributed by atoms with E-state index in [1.54, 1.807) is 66.7 Å². The highest BCUT2D eigenvalue weighted by atomic mass is 16.5. The molecule has 0 fully saturated rings. The number of hydrogen-bond donors (Lipinski definition) is 2. The van der Waals surface area contributed by atoms with E-state index in [1.165, 1.54) is 23.5 Å². The lowest BCUT2D eigenvalue weighted by atomic mass is 10.0. The summed E-state index contributed by atoms with van der Waals surface area (Å²) < 4.78 is 16.1. The van der Waals surface area contributed by atoms with Crippen LogP contribution in [0.1, 0.15) is 34.8 Å². The van der Waals surface area contributed by atoms with Crippen molar-refractivity contribution in [2.45, 2.75) is 19.5 Å². The van der Waals surface area contributed by atoms with Crippen molar-refractivity contribution in [2.75, 3.05) is 18.1 Å². The third-order valence-electron chi connectivity index (χ3n) is 5.46. The van der Waals surface area contributed by atoms with E-state index in [0.29, 0.717) is 29.4 Å². The van der Waals surface area contributed by atoms with E-state index in [1.807, 2.05) is 13.0 Å². The van der Waals surface area contributed by atoms with Crippen LogP contribution in [0, 0.1) is 0 Å². The fourth-order valence-corrected chi connectivity index (χ4v) is 3.80. The summed E-state index contributed by atoms with van der Waals surface area (Å²) in [5, 5.41) is 5.43. The molecular weight excluding hydrogens is 474 g/mol. The van der Waals surface area contributed by atoms with Crippen molar-refractivity contribution in [2.24, 2.45) is 0 Å². The van der Waals surface area contributed by atoms with Gasteiger partial charge in [0, 0.05) is 11.8 Å². The Hall–Kier alpha value is -4.79. The molecule has 9 heteroatoms. The third-order valence-corrected chi connectivity index (χ3v) is 5.46. The van der Waals surface area contributed by atoms with Gasteiger partial charge in [0.15, 0.2) is 5.76 Å². The Labute approximate surface area is 214 Å². The summed E-state index contributed by atoms with van der Waals surface area (Å²) in [5.74, 6) is -0.276. The molecule has 37 heavy (non-hydrogen) atoms. The predicted molar refractivity (Wildman–Crippen MR) is 136 cm³/mol. The van der Waals surface area contributed by atoms with Crippen LogP contribution in [0.2, 0.25) is 0 Å². The Balaban J connectivity index is 1.68. The second kappa shape index (κ2) is 12.3. The van der Waals surface area contributed by atoms with Crippen molar-refractivity contribution in [1.82, 2.24) is 10.6 Å². The average Bonchev–Trinajstić information content (AvgIpc) is 3.64. The Bertz CT molecular complexity index is 1300. The van der Waals surface area contributed by atoms with Crippen molar-refractivity contribution in [3.05, 3.63) is 108 Å². The molecule has 0 aliphatic carbocycles. The van der Waals surface area contributed by atoms with E-state index in [2.05, 4.69) is 10.6 Å². The first-order chi connectivity index (χ1) is 18.1. The van der Waals surface area contributed by atoms with E-state index < -0.39 is 23.8 Å². The highest BCUT2D eigenvalue weighted by Gasteiger charge is 2.33. The molecule has 1 atom stereocenters. The number of carbonyl (C=O) groups is 3. The lowest BCUT2D eigenvalue weighted by molar-refractivity contribution is -0.126. The summed E-state index contributed by atoms with van der Waals surface area (Å²) in [6.45, 7) is 2.07. The molecule has 2 aromatic carbocycles. The van der Waals surface area contributed by atoms with Crippen LogP contribution in [0.5, 0.6) is 5.75 Å². The Morgan fingerprint density at radius 2 is 1.68 bits per heavy atom. The number of hydrogen-bond acceptors (Lipinski definition) is 6. The van der Waals surface area contributed by atoms with E-state index in [4.69, 9.17) is 13.6 Å². The van der Waals surface area contributed by atoms with Gasteiger partial charge < -0.3 is 24.2 Å². The summed E-state index contributed by atoms with van der Waals surface area (Å²) in [7, 11) is 0. The fourth-order valence-electron chi connectivity index (χ4n) is 3.80. The maximum absolute atomic E-state index is 13.7. The van der Waals surface area contributed by atoms with Crippen LogP contribution in [0.3, 0.4) is 0 Å². The van der Waals surface area contributed by atoms with Crippen molar-refractivity contribution in [1.29, 1.82) is 0 Å². The SMILES string of the molecule is CCOc1cccc(N(C(=O)CNC(=O)c2ccco2)C(C(=O)NCc2ccco2)c2ccccc2)c1. The van der Waals surface area contributed by atoms with Crippen molar-refractivity contribution >= 4 is 23.4 Å². The molecule has 9 nitrogen and oxygen atoms in total. The van der Waals surface area contributed by atoms with Gasteiger partial charge in [0.05, 0.1) is 32.2 Å². The van der Waals surface area contributed by atoms with Crippen LogP contribution in [0.4, 0.5) is 5.69 Å². The molecule has 3 amide bonds. The zero-order chi connectivity index (χ0) is 26.0. The molecule has 0 aliphatic heterocycles. The van der Waals surface area contributed by atoms with Gasteiger partial charge in [0.1, 0.15) is 17.6 Å². The average molecular weight is 502 g/mol. The second-order valence-corrected chi connectivity index (χ2v) is 7.96. The van der Waals surface area contributed by atoms with Crippen LogP contribution in [-0.4, -0.2) is 30.9 Å². The number of benzene rings is 2. The largest absolute Gasteiger partial charge is 0.494 e. The fraction of sp³-hybridized carbons (Fsp3) is 0.179. The van der Waals surface area contributed by atoms with E-state index in [0.717, 1.165) is 0 Å². The van der Waals surface area contributed by atoms with Crippen LogP contribution in [-0.2, 0) is 16.1 Å². The number of amides is 3. The molecule has 2 heterocycles. The monoisotopic (exact) mass is 501 g/mol. The molecular formula is C28H27N3O6. The number of nitrogens with zero attached hydrogens (tertiary/aromatic N) is 1. The van der Waals surface area contributed by atoms with Gasteiger partial charge in [-0.1, -0.05) is 36.4 Å². The molecule has 0 bridgehead atoms. The van der Waals surface area contributed by atoms with Gasteiger partial charge in [-0.15, -0.1) is 0 Å². The quantitative estimate of drug-likeness (QED) is 0.320. The minimum Gasteiger partial charge on any atom is -0.494 e. The molecule has 0 radical (unpaired) electrons. The smallest absolute Gasteiger partial charge is 0.287 e. The predicted octanol–water partition coefficient (Wildman–Crippen LogP) is 4.09. The number of rotatable bonds is 11. The first-order valence-electron chi connectivity index (χ1n) is 11.8. The normalized spacial score (nSPS) is 11.4. The number of ether oxygens (including phenoxy) is 1. The van der Waals surface area contributed by atoms with Crippen molar-refractivity contribution < 1.29 is 28.0 Å². The van der Waals surface area contributed by atoms with Gasteiger partial charge in [-0.3, -0.25) is 19.3 Å². The summed E-state index contributed by atoms with van der Waals surface area (Å²) in [6, 6.07) is 21.4. The van der Waals surface area contributed by atoms with E-state index in [-0.39, 0.29) is 18.8 Å². The molecule has 4 rings (SSSR count). The van der Waals surface area contributed by atoms with Crippen LogP contribution < -0.4 is 20.3 Å². The zero-order valence-electron chi connectivity index (χ0n) is 20.3. The molecule has 0 saturated carbocycles. The van der Waals surface area contributed by atoms with Gasteiger partial charge in [-0.2, -0.15) is 0 Å². The van der Waals surface area contributed by atoms with Gasteiger partial charge in [0.2, 0.25) is 11.8 Å². The number of furan rings is 2. The van der Waals surface area contributed by atoms with Gasteiger partial charge >= 0.3 is 0 Å². The minimum atomic E-state index is -1.04. The molecule has 0 saturated heterocycles. The van der Waals surface area contributed by atoms with Crippen LogP contribution >= 0.6 is 0 Å². The Morgan fingerprint density at radius 1 is 0.892 bits per heavy atom. The third kappa shape index (κ3) is 6.46. The highest BCUT2D eigenvalue weighted by Crippen LogP contribution is 2.30. The van der Waals surface area contributed by atoms with Gasteiger partial charge in [-0.05, 0) is 48.9 Å². The molecule has 190 valence electrons. The van der Waals surface area contributed by atoms with Crippen LogP contribution in [0.15, 0.2) is 100 Å². The maximum atomic E-state index is 13.7. The van der Waals surface area contributed by atoms with Crippen molar-refractivity contribution in [3.63, 3.8) is 0 Å². The summed E-state index contributed by atoms with van der Waals surface area (Å²) in [6.07, 6.45) is 2.89. The standard InChI is InChI=1S/C28H27N3O6/c1-2-35-22-12-6-11-21(17-22)31(25(32)19-30-27(33)24-14-8-16-37-24)26(20-9-4-3-5-10-20)28(34)29-18-23-13-7-15-36-23/h3-17,26H,2,18-19H2,1H3,(H,29,34)(H,30,33). The number of carbonyl (C=O) groups excluding carboxylic acids is 3. The maximum Gasteiger partial charge on any atom is 0.287 e. The molecule has 2 N–H and O–H groups in total. The number of nitrogens with one attached hydrogen (secondary N) is 2. The lowest BCUT2D eigenvalue weighted by Gasteiger charge is -2.31. The summed E-state index contributed by atoms with van der Waals surface area (Å²) >= 11 is 0. The number of anilines is 1. The molecule has 0 aliphatic rings. The highest BCUT2D eigenvalue weighted by molar-refractivity contribution is 6.04. The molecule has 2 aromatic heterocycles. The zero-order valence-corrected chi connectivity index (χ0v) is 20.3. The van der Waals surface area contributed by atoms with Crippen molar-refractivity contribution in [3.8, 4) is 5.75 Å². The van der Waals surface area contributed by atoms with E-state index in [9.17, 15) is 14.4 Å². The summed E-state index contributed by atoms with van der Waals surface area (Å²) in [4.78, 5) is 41.1. The summed E-state index contributed by atoms with van der Waals surface area (Å²) in [5.41, 5.74) is 1.03. The van der Waals surface area contributed by atoms with Crippen LogP contribution in [0.25, 0.3) is 0 Å². The molecule has 1 unspecified atom stereocenters. The first kappa shape index (κ1) is 25.3. The topological polar surface area (TPSA) is 114 Å².